The molecule has 0 aliphatic carbocycles. The van der Waals surface area contributed by atoms with E-state index < -0.39 is 5.82 Å². The molecule has 0 fully saturated rings. The predicted octanol–water partition coefficient (Wildman–Crippen LogP) is 3.17. The second kappa shape index (κ2) is 5.34. The lowest BCUT2D eigenvalue weighted by Gasteiger charge is -2.05. The highest BCUT2D eigenvalue weighted by molar-refractivity contribution is 7.71. The van der Waals surface area contributed by atoms with E-state index in [2.05, 4.69) is 15.3 Å². The van der Waals surface area contributed by atoms with Crippen LogP contribution in [0.2, 0.25) is 5.02 Å². The Kier molecular flexibility index (Phi) is 3.54. The Morgan fingerprint density at radius 2 is 2.20 bits per heavy atom. The van der Waals surface area contributed by atoms with Crippen molar-refractivity contribution in [2.24, 2.45) is 0 Å². The van der Waals surface area contributed by atoms with Crippen LogP contribution in [0.25, 0.3) is 11.0 Å². The van der Waals surface area contributed by atoms with Crippen molar-refractivity contribution < 1.29 is 4.39 Å². The molecule has 0 spiro atoms. The molecule has 0 aliphatic rings. The number of aromatic nitrogens is 5. The summed E-state index contributed by atoms with van der Waals surface area (Å²) in [7, 11) is 0. The van der Waals surface area contributed by atoms with Gasteiger partial charge < -0.3 is 9.55 Å². The van der Waals surface area contributed by atoms with Crippen LogP contribution in [0.15, 0.2) is 24.5 Å². The van der Waals surface area contributed by atoms with Gasteiger partial charge in [0.1, 0.15) is 5.82 Å². The van der Waals surface area contributed by atoms with Gasteiger partial charge in [-0.25, -0.2) is 4.39 Å². The largest absolute Gasteiger partial charge is 0.330 e. The summed E-state index contributed by atoms with van der Waals surface area (Å²) in [5, 5.41) is 7.74. The van der Waals surface area contributed by atoms with E-state index in [1.807, 2.05) is 4.57 Å². The first-order valence-electron chi connectivity index (χ1n) is 6.07. The van der Waals surface area contributed by atoms with E-state index in [1.165, 1.54) is 6.07 Å². The van der Waals surface area contributed by atoms with Crippen LogP contribution in [0.4, 0.5) is 4.39 Å². The molecule has 0 amide bonds. The van der Waals surface area contributed by atoms with Gasteiger partial charge in [0.15, 0.2) is 4.77 Å². The summed E-state index contributed by atoms with van der Waals surface area (Å²) in [5.41, 5.74) is 1.46. The van der Waals surface area contributed by atoms with Crippen molar-refractivity contribution in [1.82, 2.24) is 24.5 Å². The number of halogens is 2. The zero-order chi connectivity index (χ0) is 14.1. The van der Waals surface area contributed by atoms with Crippen LogP contribution in [-0.4, -0.2) is 24.5 Å². The van der Waals surface area contributed by atoms with Crippen molar-refractivity contribution in [3.8, 4) is 0 Å². The molecule has 2 heterocycles. The SMILES string of the molecule is Fc1cc2[nH]c(=S)n(CCCn3ccnn3)c2cc1Cl. The maximum Gasteiger partial charge on any atom is 0.178 e. The molecular weight excluding hydrogens is 301 g/mol. The summed E-state index contributed by atoms with van der Waals surface area (Å²) < 4.78 is 17.6. The van der Waals surface area contributed by atoms with Gasteiger partial charge in [-0.3, -0.25) is 4.68 Å². The van der Waals surface area contributed by atoms with Crippen LogP contribution in [-0.2, 0) is 13.1 Å². The third kappa shape index (κ3) is 2.46. The molecule has 0 bridgehead atoms. The van der Waals surface area contributed by atoms with Gasteiger partial charge in [0, 0.05) is 25.4 Å². The summed E-state index contributed by atoms with van der Waals surface area (Å²) in [4.78, 5) is 2.98. The molecule has 1 aromatic carbocycles. The molecule has 0 saturated carbocycles. The van der Waals surface area contributed by atoms with Gasteiger partial charge in [-0.2, -0.15) is 0 Å². The number of imidazole rings is 1. The Bertz CT molecular complexity index is 792. The number of aromatic amines is 1. The number of nitrogens with one attached hydrogen (secondary N) is 1. The average Bonchev–Trinajstić information content (AvgIpc) is 3.01. The van der Waals surface area contributed by atoms with Gasteiger partial charge >= 0.3 is 0 Å². The molecular formula is C12H11ClFN5S. The van der Waals surface area contributed by atoms with E-state index in [0.29, 0.717) is 16.8 Å². The first kappa shape index (κ1) is 13.3. The molecule has 20 heavy (non-hydrogen) atoms. The highest BCUT2D eigenvalue weighted by atomic mass is 35.5. The smallest absolute Gasteiger partial charge is 0.178 e. The molecule has 0 saturated heterocycles. The second-order valence-electron chi connectivity index (χ2n) is 4.38. The van der Waals surface area contributed by atoms with Crippen molar-refractivity contribution in [3.63, 3.8) is 0 Å². The lowest BCUT2D eigenvalue weighted by Crippen LogP contribution is -2.05. The number of hydrogen-bond acceptors (Lipinski definition) is 3. The molecule has 104 valence electrons. The Morgan fingerprint density at radius 1 is 1.35 bits per heavy atom. The fourth-order valence-corrected chi connectivity index (χ4v) is 2.57. The highest BCUT2D eigenvalue weighted by Gasteiger charge is 2.09. The van der Waals surface area contributed by atoms with Gasteiger partial charge in [0.05, 0.1) is 22.3 Å². The third-order valence-corrected chi connectivity index (χ3v) is 3.67. The maximum atomic E-state index is 13.4. The number of fused-ring (bicyclic) bond motifs is 1. The van der Waals surface area contributed by atoms with Crippen LogP contribution in [0.3, 0.4) is 0 Å². The Labute approximate surface area is 124 Å². The molecule has 1 N–H and O–H groups in total. The second-order valence-corrected chi connectivity index (χ2v) is 5.18. The van der Waals surface area contributed by atoms with Crippen molar-refractivity contribution in [2.75, 3.05) is 0 Å². The molecule has 0 aliphatic heterocycles. The summed E-state index contributed by atoms with van der Waals surface area (Å²) in [5.74, 6) is -0.454. The fraction of sp³-hybridized carbons (Fsp3) is 0.250. The molecule has 8 heteroatoms. The van der Waals surface area contributed by atoms with Gasteiger partial charge in [-0.05, 0) is 24.7 Å². The topological polar surface area (TPSA) is 51.4 Å². The molecule has 0 unspecified atom stereocenters. The number of hydrogen-bond donors (Lipinski definition) is 1. The van der Waals surface area contributed by atoms with Crippen LogP contribution in [0.1, 0.15) is 6.42 Å². The van der Waals surface area contributed by atoms with Crippen molar-refractivity contribution in [3.05, 3.63) is 40.1 Å². The Balaban J connectivity index is 1.85. The van der Waals surface area contributed by atoms with E-state index in [0.717, 1.165) is 18.5 Å². The molecule has 3 aromatic rings. The first-order chi connectivity index (χ1) is 9.65. The highest BCUT2D eigenvalue weighted by Crippen LogP contribution is 2.23. The number of aryl methyl sites for hydroxylation is 2. The van der Waals surface area contributed by atoms with E-state index >= 15 is 0 Å². The zero-order valence-electron chi connectivity index (χ0n) is 10.4. The van der Waals surface area contributed by atoms with E-state index in [-0.39, 0.29) is 5.02 Å². The predicted molar refractivity (Wildman–Crippen MR) is 76.7 cm³/mol. The summed E-state index contributed by atoms with van der Waals surface area (Å²) >= 11 is 11.1. The van der Waals surface area contributed by atoms with Crippen LogP contribution >= 0.6 is 23.8 Å². The third-order valence-electron chi connectivity index (χ3n) is 3.06. The normalized spacial score (nSPS) is 11.3. The number of rotatable bonds is 4. The van der Waals surface area contributed by atoms with E-state index in [9.17, 15) is 4.39 Å². The fourth-order valence-electron chi connectivity index (χ4n) is 2.12. The molecule has 0 radical (unpaired) electrons. The average molecular weight is 312 g/mol. The number of nitrogens with zero attached hydrogens (tertiary/aromatic N) is 4. The molecule has 5 nitrogen and oxygen atoms in total. The summed E-state index contributed by atoms with van der Waals surface area (Å²) in [6.07, 6.45) is 4.28. The van der Waals surface area contributed by atoms with Gasteiger partial charge in [0.25, 0.3) is 0 Å². The van der Waals surface area contributed by atoms with Crippen LogP contribution in [0.5, 0.6) is 0 Å². The summed E-state index contributed by atoms with van der Waals surface area (Å²) in [6, 6.07) is 2.95. The standard InChI is InChI=1S/C12H11ClFN5S/c13-8-6-11-10(7-9(8)14)16-12(20)19(11)4-1-3-18-5-2-15-17-18/h2,5-7H,1,3-4H2,(H,16,20). The maximum absolute atomic E-state index is 13.4. The minimum Gasteiger partial charge on any atom is -0.330 e. The summed E-state index contributed by atoms with van der Waals surface area (Å²) in [6.45, 7) is 1.43. The minimum absolute atomic E-state index is 0.0940. The van der Waals surface area contributed by atoms with Gasteiger partial charge in [-0.1, -0.05) is 16.8 Å². The monoisotopic (exact) mass is 311 g/mol. The van der Waals surface area contributed by atoms with E-state index in [4.69, 9.17) is 23.8 Å². The first-order valence-corrected chi connectivity index (χ1v) is 6.85. The molecule has 3 rings (SSSR count). The molecule has 0 atom stereocenters. The number of benzene rings is 1. The minimum atomic E-state index is -0.454. The van der Waals surface area contributed by atoms with Crippen LogP contribution < -0.4 is 0 Å². The van der Waals surface area contributed by atoms with Gasteiger partial charge in [-0.15, -0.1) is 5.10 Å². The lowest BCUT2D eigenvalue weighted by molar-refractivity contribution is 0.517. The Morgan fingerprint density at radius 3 is 2.95 bits per heavy atom. The van der Waals surface area contributed by atoms with E-state index in [1.54, 1.807) is 23.1 Å². The van der Waals surface area contributed by atoms with Crippen molar-refractivity contribution in [2.45, 2.75) is 19.5 Å². The van der Waals surface area contributed by atoms with Crippen molar-refractivity contribution >= 4 is 34.9 Å². The molecule has 2 aromatic heterocycles. The quantitative estimate of drug-likeness (QED) is 0.753. The number of H-pyrrole nitrogens is 1. The van der Waals surface area contributed by atoms with Crippen molar-refractivity contribution in [1.29, 1.82) is 0 Å². The lowest BCUT2D eigenvalue weighted by atomic mass is 10.3. The zero-order valence-corrected chi connectivity index (χ0v) is 12.0. The van der Waals surface area contributed by atoms with Crippen LogP contribution in [0, 0.1) is 10.6 Å². The van der Waals surface area contributed by atoms with Gasteiger partial charge in [0.2, 0.25) is 0 Å². The Hall–Kier alpha value is -1.73.